The van der Waals surface area contributed by atoms with E-state index >= 15 is 0 Å². The first kappa shape index (κ1) is 29.5. The van der Waals surface area contributed by atoms with Crippen molar-refractivity contribution < 1.29 is 32.8 Å². The molecule has 0 saturated carbocycles. The van der Waals surface area contributed by atoms with Crippen LogP contribution in [0.1, 0.15) is 16.7 Å². The van der Waals surface area contributed by atoms with Crippen LogP contribution in [0.2, 0.25) is 0 Å². The summed E-state index contributed by atoms with van der Waals surface area (Å²) in [4.78, 5) is 0.429. The standard InChI is InChI=1S/C32H34O7S/c1-23-3-4-26(19-28(23)21-38-17-15-33)24-5-10-30(11-6-24)40(35,36)31-12-7-25(8-13-31)27-9-14-32(37-2)29(20-27)22-39-18-16-34/h3-14,19-20,33-34H,15-18,21-22H2,1-2H3. The third-order valence-corrected chi connectivity index (χ3v) is 8.40. The third kappa shape index (κ3) is 6.96. The van der Waals surface area contributed by atoms with E-state index in [4.69, 9.17) is 24.4 Å². The van der Waals surface area contributed by atoms with Gasteiger partial charge < -0.3 is 24.4 Å². The summed E-state index contributed by atoms with van der Waals surface area (Å²) < 4.78 is 43.1. The van der Waals surface area contributed by atoms with E-state index in [1.54, 1.807) is 43.5 Å². The lowest BCUT2D eigenvalue weighted by molar-refractivity contribution is 0.0804. The Balaban J connectivity index is 1.53. The zero-order chi connectivity index (χ0) is 28.5. The van der Waals surface area contributed by atoms with Gasteiger partial charge in [0.05, 0.1) is 56.5 Å². The minimum Gasteiger partial charge on any atom is -0.496 e. The molecule has 4 aromatic carbocycles. The number of hydrogen-bond acceptors (Lipinski definition) is 7. The summed E-state index contributed by atoms with van der Waals surface area (Å²) in [5.41, 5.74) is 6.56. The third-order valence-electron chi connectivity index (χ3n) is 6.61. The van der Waals surface area contributed by atoms with Gasteiger partial charge in [-0.1, -0.05) is 42.5 Å². The molecule has 0 aliphatic heterocycles. The van der Waals surface area contributed by atoms with Gasteiger partial charge in [0.25, 0.3) is 0 Å². The largest absolute Gasteiger partial charge is 0.496 e. The fraction of sp³-hybridized carbons (Fsp3) is 0.250. The number of hydrogen-bond donors (Lipinski definition) is 2. The number of rotatable bonds is 13. The average Bonchev–Trinajstić information content (AvgIpc) is 2.98. The number of benzene rings is 4. The summed E-state index contributed by atoms with van der Waals surface area (Å²) in [6, 6.07) is 25.4. The fourth-order valence-electron chi connectivity index (χ4n) is 4.36. The zero-order valence-corrected chi connectivity index (χ0v) is 23.5. The molecule has 0 spiro atoms. The summed E-state index contributed by atoms with van der Waals surface area (Å²) in [5.74, 6) is 0.682. The quantitative estimate of drug-likeness (QED) is 0.216. The molecule has 8 heteroatoms. The maximum absolute atomic E-state index is 13.4. The molecule has 0 radical (unpaired) electrons. The Morgan fingerprint density at radius 1 is 0.625 bits per heavy atom. The fourth-order valence-corrected chi connectivity index (χ4v) is 5.62. The molecular weight excluding hydrogens is 528 g/mol. The van der Waals surface area contributed by atoms with E-state index in [-0.39, 0.29) is 36.2 Å². The van der Waals surface area contributed by atoms with E-state index in [2.05, 4.69) is 0 Å². The molecule has 2 N–H and O–H groups in total. The second-order valence-electron chi connectivity index (χ2n) is 9.27. The predicted octanol–water partition coefficient (Wildman–Crippen LogP) is 5.19. The van der Waals surface area contributed by atoms with Gasteiger partial charge in [-0.25, -0.2) is 8.42 Å². The van der Waals surface area contributed by atoms with Crippen LogP contribution in [0.5, 0.6) is 5.75 Å². The summed E-state index contributed by atoms with van der Waals surface area (Å²) in [5, 5.41) is 17.9. The van der Waals surface area contributed by atoms with Crippen molar-refractivity contribution in [2.75, 3.05) is 33.5 Å². The van der Waals surface area contributed by atoms with Crippen molar-refractivity contribution in [1.82, 2.24) is 0 Å². The minimum absolute atomic E-state index is 0.0264. The SMILES string of the molecule is COc1ccc(-c2ccc(S(=O)(=O)c3ccc(-c4ccc(C)c(COCCO)c4)cc3)cc2)cc1COCCO. The van der Waals surface area contributed by atoms with E-state index in [9.17, 15) is 8.42 Å². The summed E-state index contributed by atoms with van der Waals surface area (Å²) >= 11 is 0. The first-order valence-electron chi connectivity index (χ1n) is 13.0. The van der Waals surface area contributed by atoms with Crippen LogP contribution in [0.25, 0.3) is 22.3 Å². The highest BCUT2D eigenvalue weighted by atomic mass is 32.2. The minimum atomic E-state index is -3.71. The number of sulfone groups is 1. The van der Waals surface area contributed by atoms with Crippen molar-refractivity contribution in [2.45, 2.75) is 29.9 Å². The molecule has 40 heavy (non-hydrogen) atoms. The Hall–Kier alpha value is -3.53. The zero-order valence-electron chi connectivity index (χ0n) is 22.7. The number of aliphatic hydroxyl groups excluding tert-OH is 2. The molecule has 0 fully saturated rings. The molecule has 0 bridgehead atoms. The van der Waals surface area contributed by atoms with Gasteiger partial charge in [0, 0.05) is 5.56 Å². The monoisotopic (exact) mass is 562 g/mol. The topological polar surface area (TPSA) is 102 Å². The van der Waals surface area contributed by atoms with E-state index in [0.29, 0.717) is 19.0 Å². The number of methoxy groups -OCH3 is 1. The van der Waals surface area contributed by atoms with Crippen molar-refractivity contribution >= 4 is 9.84 Å². The van der Waals surface area contributed by atoms with Gasteiger partial charge in [0.1, 0.15) is 5.75 Å². The molecule has 7 nitrogen and oxygen atoms in total. The van der Waals surface area contributed by atoms with Crippen LogP contribution in [0.4, 0.5) is 0 Å². The lowest BCUT2D eigenvalue weighted by atomic mass is 10.0. The predicted molar refractivity (Wildman–Crippen MR) is 154 cm³/mol. The number of ether oxygens (including phenoxy) is 3. The molecule has 0 heterocycles. The van der Waals surface area contributed by atoms with Gasteiger partial charge in [0.2, 0.25) is 9.84 Å². The average molecular weight is 563 g/mol. The Labute approximate surface area is 235 Å². The van der Waals surface area contributed by atoms with Crippen molar-refractivity contribution in [3.63, 3.8) is 0 Å². The van der Waals surface area contributed by atoms with Crippen LogP contribution >= 0.6 is 0 Å². The molecule has 0 aliphatic rings. The highest BCUT2D eigenvalue weighted by Gasteiger charge is 2.18. The molecule has 0 unspecified atom stereocenters. The molecular formula is C32H34O7S. The van der Waals surface area contributed by atoms with Crippen LogP contribution in [-0.4, -0.2) is 52.2 Å². The van der Waals surface area contributed by atoms with E-state index < -0.39 is 9.84 Å². The van der Waals surface area contributed by atoms with Gasteiger partial charge in [0.15, 0.2) is 0 Å². The van der Waals surface area contributed by atoms with E-state index in [1.807, 2.05) is 55.5 Å². The van der Waals surface area contributed by atoms with Crippen LogP contribution in [0, 0.1) is 6.92 Å². The summed E-state index contributed by atoms with van der Waals surface area (Å²) in [7, 11) is -2.12. The number of aliphatic hydroxyl groups is 2. The Bertz CT molecular complexity index is 1510. The van der Waals surface area contributed by atoms with Crippen molar-refractivity contribution in [3.05, 3.63) is 102 Å². The van der Waals surface area contributed by atoms with Crippen LogP contribution in [-0.2, 0) is 32.5 Å². The molecule has 4 aromatic rings. The molecule has 4 rings (SSSR count). The smallest absolute Gasteiger partial charge is 0.206 e. The van der Waals surface area contributed by atoms with Gasteiger partial charge in [-0.2, -0.15) is 0 Å². The molecule has 0 aromatic heterocycles. The lowest BCUT2D eigenvalue weighted by Gasteiger charge is -2.12. The van der Waals surface area contributed by atoms with Crippen molar-refractivity contribution in [1.29, 1.82) is 0 Å². The van der Waals surface area contributed by atoms with Crippen molar-refractivity contribution in [2.24, 2.45) is 0 Å². The first-order chi connectivity index (χ1) is 19.4. The highest BCUT2D eigenvalue weighted by molar-refractivity contribution is 7.91. The van der Waals surface area contributed by atoms with Gasteiger partial charge in [-0.15, -0.1) is 0 Å². The Kier molecular flexibility index (Phi) is 10.1. The first-order valence-corrected chi connectivity index (χ1v) is 14.5. The second-order valence-corrected chi connectivity index (χ2v) is 11.2. The van der Waals surface area contributed by atoms with Gasteiger partial charge >= 0.3 is 0 Å². The summed E-state index contributed by atoms with van der Waals surface area (Å²) in [6.07, 6.45) is 0. The van der Waals surface area contributed by atoms with E-state index in [0.717, 1.165) is 38.9 Å². The maximum atomic E-state index is 13.4. The van der Waals surface area contributed by atoms with Crippen molar-refractivity contribution in [3.8, 4) is 28.0 Å². The normalized spacial score (nSPS) is 11.5. The molecule has 0 atom stereocenters. The molecule has 210 valence electrons. The Morgan fingerprint density at radius 2 is 1.07 bits per heavy atom. The van der Waals surface area contributed by atoms with Gasteiger partial charge in [-0.3, -0.25) is 0 Å². The molecule has 0 aliphatic carbocycles. The van der Waals surface area contributed by atoms with Crippen LogP contribution in [0.3, 0.4) is 0 Å². The molecule has 0 saturated heterocycles. The van der Waals surface area contributed by atoms with E-state index in [1.165, 1.54) is 0 Å². The van der Waals surface area contributed by atoms with Crippen LogP contribution in [0.15, 0.2) is 94.7 Å². The van der Waals surface area contributed by atoms with Gasteiger partial charge in [-0.05, 0) is 82.8 Å². The number of aryl methyl sites for hydroxylation is 1. The maximum Gasteiger partial charge on any atom is 0.206 e. The lowest BCUT2D eigenvalue weighted by Crippen LogP contribution is -2.02. The second kappa shape index (κ2) is 13.7. The van der Waals surface area contributed by atoms with Crippen LogP contribution < -0.4 is 4.74 Å². The summed E-state index contributed by atoms with van der Waals surface area (Å²) in [6.45, 7) is 3.12. The highest BCUT2D eigenvalue weighted by Crippen LogP contribution is 2.30. The molecule has 0 amide bonds. The Morgan fingerprint density at radius 3 is 1.57 bits per heavy atom.